The van der Waals surface area contributed by atoms with E-state index in [0.29, 0.717) is 0 Å². The lowest BCUT2D eigenvalue weighted by Crippen LogP contribution is -2.27. The van der Waals surface area contributed by atoms with Gasteiger partial charge < -0.3 is 9.84 Å². The van der Waals surface area contributed by atoms with E-state index in [4.69, 9.17) is 4.52 Å². The van der Waals surface area contributed by atoms with E-state index in [9.17, 15) is 18.0 Å². The molecule has 2 aromatic heterocycles. The topological polar surface area (TPSA) is 93.3 Å². The lowest BCUT2D eigenvalue weighted by atomic mass is 10.2. The van der Waals surface area contributed by atoms with Gasteiger partial charge in [0.1, 0.15) is 17.4 Å². The Morgan fingerprint density at radius 1 is 1.44 bits per heavy atom. The number of halogens is 3. The number of nitrogens with one attached hydrogen (secondary N) is 1. The van der Waals surface area contributed by atoms with Crippen LogP contribution in [0.15, 0.2) is 51.8 Å². The summed E-state index contributed by atoms with van der Waals surface area (Å²) in [5.74, 6) is -0.540. The number of alkyl halides is 3. The van der Waals surface area contributed by atoms with Gasteiger partial charge in [0.25, 0.3) is 5.91 Å². The molecule has 1 N–H and O–H groups in total. The number of hydrogen-bond donors (Lipinski definition) is 1. The summed E-state index contributed by atoms with van der Waals surface area (Å²) in [5, 5.41) is 6.25. The molecule has 2 aromatic rings. The normalized spacial score (nSPS) is 13.6. The zero-order valence-electron chi connectivity index (χ0n) is 14.5. The molecular weight excluding hydrogens is 363 g/mol. The van der Waals surface area contributed by atoms with Gasteiger partial charge in [-0.3, -0.25) is 14.8 Å². The second kappa shape index (κ2) is 8.39. The maximum absolute atomic E-state index is 12.8. The molecule has 142 valence electrons. The Labute approximate surface area is 152 Å². The van der Waals surface area contributed by atoms with Gasteiger partial charge in [0.05, 0.1) is 0 Å². The Morgan fingerprint density at radius 3 is 2.81 bits per heavy atom. The predicted octanol–water partition coefficient (Wildman–Crippen LogP) is 3.49. The van der Waals surface area contributed by atoms with Gasteiger partial charge in [-0.2, -0.15) is 18.2 Å². The van der Waals surface area contributed by atoms with Crippen LogP contribution in [-0.2, 0) is 11.0 Å². The van der Waals surface area contributed by atoms with Gasteiger partial charge in [-0.15, -0.1) is 0 Å². The fourth-order valence-corrected chi connectivity index (χ4v) is 1.97. The number of nitrogens with zero attached hydrogens (tertiary/aromatic N) is 4. The van der Waals surface area contributed by atoms with Crippen LogP contribution in [0.1, 0.15) is 31.5 Å². The number of allylic oxidation sites excluding steroid dienone is 3. The molecule has 1 amide bonds. The van der Waals surface area contributed by atoms with Gasteiger partial charge in [0.2, 0.25) is 11.7 Å². The number of hydrogen-bond acceptors (Lipinski definition) is 6. The number of carbonyl (C=O) groups excluding carboxylic acids is 1. The molecule has 7 nitrogen and oxygen atoms in total. The molecule has 0 aromatic carbocycles. The van der Waals surface area contributed by atoms with E-state index in [1.54, 1.807) is 26.0 Å². The van der Waals surface area contributed by atoms with Crippen LogP contribution in [0.2, 0.25) is 0 Å². The predicted molar refractivity (Wildman–Crippen MR) is 91.5 cm³/mol. The number of amides is 1. The van der Waals surface area contributed by atoms with Crippen LogP contribution < -0.4 is 5.32 Å². The molecule has 2 rings (SSSR count). The van der Waals surface area contributed by atoms with Gasteiger partial charge in [0, 0.05) is 11.8 Å². The highest BCUT2D eigenvalue weighted by molar-refractivity contribution is 5.94. The summed E-state index contributed by atoms with van der Waals surface area (Å²) in [6.07, 6.45) is 1.24. The molecule has 0 aliphatic rings. The largest absolute Gasteiger partial charge is 0.433 e. The highest BCUT2D eigenvalue weighted by Gasteiger charge is 2.33. The molecule has 0 aliphatic carbocycles. The number of pyridine rings is 1. The molecule has 0 aliphatic heterocycles. The van der Waals surface area contributed by atoms with E-state index in [1.165, 1.54) is 12.1 Å². The van der Waals surface area contributed by atoms with Crippen molar-refractivity contribution in [1.29, 1.82) is 0 Å². The summed E-state index contributed by atoms with van der Waals surface area (Å²) in [7, 11) is 0. The van der Waals surface area contributed by atoms with E-state index in [-0.39, 0.29) is 23.0 Å². The van der Waals surface area contributed by atoms with Gasteiger partial charge in [0.15, 0.2) is 0 Å². The van der Waals surface area contributed by atoms with Crippen LogP contribution >= 0.6 is 0 Å². The van der Waals surface area contributed by atoms with Gasteiger partial charge in [-0.25, -0.2) is 0 Å². The van der Waals surface area contributed by atoms with E-state index in [0.717, 1.165) is 12.3 Å². The Balaban J connectivity index is 2.18. The third kappa shape index (κ3) is 5.09. The van der Waals surface area contributed by atoms with Crippen LogP contribution in [0.3, 0.4) is 0 Å². The molecule has 2 heterocycles. The first kappa shape index (κ1) is 20.0. The molecular formula is C17H16F3N5O2. The lowest BCUT2D eigenvalue weighted by molar-refractivity contribution is -0.141. The zero-order chi connectivity index (χ0) is 20.0. The fourth-order valence-electron chi connectivity index (χ4n) is 1.97. The maximum Gasteiger partial charge on any atom is 0.433 e. The molecule has 0 bridgehead atoms. The summed E-state index contributed by atoms with van der Waals surface area (Å²) >= 11 is 0. The first-order valence-corrected chi connectivity index (χ1v) is 7.74. The maximum atomic E-state index is 12.8. The average molecular weight is 379 g/mol. The minimum atomic E-state index is -4.59. The third-order valence-corrected chi connectivity index (χ3v) is 3.32. The summed E-state index contributed by atoms with van der Waals surface area (Å²) in [4.78, 5) is 23.1. The Kier molecular flexibility index (Phi) is 6.22. The number of carbonyl (C=O) groups is 1. The molecule has 0 radical (unpaired) electrons. The second-order valence-electron chi connectivity index (χ2n) is 5.31. The SMILES string of the molecule is C=N/C(=C\C=C/C)C(=O)N[C@@H](C)c1nc(-c2ccnc(C(F)(F)F)c2)no1. The molecule has 0 saturated carbocycles. The van der Waals surface area contributed by atoms with E-state index in [2.05, 4.69) is 32.2 Å². The number of aliphatic imine (C=N–C) groups is 1. The fraction of sp³-hybridized carbons (Fsp3) is 0.235. The van der Waals surface area contributed by atoms with E-state index >= 15 is 0 Å². The number of aromatic nitrogens is 3. The van der Waals surface area contributed by atoms with Crippen molar-refractivity contribution < 1.29 is 22.5 Å². The van der Waals surface area contributed by atoms with Crippen LogP contribution in [-0.4, -0.2) is 27.7 Å². The molecule has 0 saturated heterocycles. The minimum Gasteiger partial charge on any atom is -0.339 e. The van der Waals surface area contributed by atoms with Crippen LogP contribution in [0.25, 0.3) is 11.4 Å². The van der Waals surface area contributed by atoms with E-state index < -0.39 is 23.8 Å². The first-order valence-electron chi connectivity index (χ1n) is 7.74. The summed E-state index contributed by atoms with van der Waals surface area (Å²) in [6, 6.07) is 1.45. The van der Waals surface area contributed by atoms with Crippen molar-refractivity contribution in [3.05, 3.63) is 53.8 Å². The monoisotopic (exact) mass is 379 g/mol. The summed E-state index contributed by atoms with van der Waals surface area (Å²) < 4.78 is 43.3. The molecule has 27 heavy (non-hydrogen) atoms. The van der Waals surface area contributed by atoms with Crippen molar-refractivity contribution in [3.63, 3.8) is 0 Å². The van der Waals surface area contributed by atoms with Gasteiger partial charge >= 0.3 is 6.18 Å². The van der Waals surface area contributed by atoms with Crippen molar-refractivity contribution in [1.82, 2.24) is 20.4 Å². The average Bonchev–Trinajstić information content (AvgIpc) is 3.12. The van der Waals surface area contributed by atoms with E-state index in [1.807, 2.05) is 0 Å². The Hall–Kier alpha value is -3.30. The highest BCUT2D eigenvalue weighted by Crippen LogP contribution is 2.29. The molecule has 1 atom stereocenters. The molecule has 0 spiro atoms. The van der Waals surface area contributed by atoms with Crippen LogP contribution in [0.5, 0.6) is 0 Å². The highest BCUT2D eigenvalue weighted by atomic mass is 19.4. The smallest absolute Gasteiger partial charge is 0.339 e. The second-order valence-corrected chi connectivity index (χ2v) is 5.31. The van der Waals surface area contributed by atoms with Crippen molar-refractivity contribution in [2.75, 3.05) is 0 Å². The van der Waals surface area contributed by atoms with Crippen molar-refractivity contribution in [2.24, 2.45) is 4.99 Å². The summed E-state index contributed by atoms with van der Waals surface area (Å²) in [5.41, 5.74) is -0.889. The number of rotatable bonds is 6. The standard InChI is InChI=1S/C17H16F3N5O2/c1-4-5-6-12(21-3)15(26)23-10(2)16-24-14(25-27-16)11-7-8-22-13(9-11)17(18,19)20/h4-10H,3H2,1-2H3,(H,23,26)/b5-4-,12-6-/t10-/m0/s1. The third-order valence-electron chi connectivity index (χ3n) is 3.32. The quantitative estimate of drug-likeness (QED) is 0.471. The molecule has 0 fully saturated rings. The first-order chi connectivity index (χ1) is 12.8. The van der Waals surface area contributed by atoms with Crippen molar-refractivity contribution in [2.45, 2.75) is 26.1 Å². The van der Waals surface area contributed by atoms with Crippen LogP contribution in [0, 0.1) is 0 Å². The van der Waals surface area contributed by atoms with Gasteiger partial charge in [-0.05, 0) is 38.8 Å². The minimum absolute atomic E-state index is 0.0261. The van der Waals surface area contributed by atoms with Crippen molar-refractivity contribution in [3.8, 4) is 11.4 Å². The van der Waals surface area contributed by atoms with Gasteiger partial charge in [-0.1, -0.05) is 17.3 Å². The van der Waals surface area contributed by atoms with Crippen LogP contribution in [0.4, 0.5) is 13.2 Å². The Bertz CT molecular complexity index is 887. The lowest BCUT2D eigenvalue weighted by Gasteiger charge is -2.09. The molecule has 10 heteroatoms. The van der Waals surface area contributed by atoms with Crippen molar-refractivity contribution >= 4 is 12.6 Å². The molecule has 0 unspecified atom stereocenters. The summed E-state index contributed by atoms with van der Waals surface area (Å²) in [6.45, 7) is 6.69. The zero-order valence-corrected chi connectivity index (χ0v) is 14.5. The Morgan fingerprint density at radius 2 is 2.19 bits per heavy atom.